The summed E-state index contributed by atoms with van der Waals surface area (Å²) < 4.78 is 0. The van der Waals surface area contributed by atoms with Crippen molar-refractivity contribution in [3.05, 3.63) is 29.3 Å². The summed E-state index contributed by atoms with van der Waals surface area (Å²) in [7, 11) is 0. The lowest BCUT2D eigenvalue weighted by atomic mass is 9.64. The molecule has 0 saturated carbocycles. The van der Waals surface area contributed by atoms with Crippen LogP contribution in [0.25, 0.3) is 0 Å². The molecule has 0 amide bonds. The molecule has 3 atom stereocenters. The minimum Gasteiger partial charge on any atom is -0.313 e. The number of hydrogen-bond donors (Lipinski definition) is 1. The van der Waals surface area contributed by atoms with Crippen molar-refractivity contribution in [3.63, 3.8) is 0 Å². The van der Waals surface area contributed by atoms with Crippen molar-refractivity contribution >= 4 is 11.9 Å². The summed E-state index contributed by atoms with van der Waals surface area (Å²) in [6.07, 6.45) is 6.03. The highest BCUT2D eigenvalue weighted by Gasteiger charge is 2.44. The molecule has 17 heavy (non-hydrogen) atoms. The summed E-state index contributed by atoms with van der Waals surface area (Å²) >= 11 is 0. The Morgan fingerprint density at radius 2 is 2.35 bits per heavy atom. The second-order valence-electron chi connectivity index (χ2n) is 5.93. The summed E-state index contributed by atoms with van der Waals surface area (Å²) in [4.78, 5) is 4.63. The van der Waals surface area contributed by atoms with Gasteiger partial charge in [-0.1, -0.05) is 19.1 Å². The summed E-state index contributed by atoms with van der Waals surface area (Å²) in [5, 5.41) is 3.71. The first-order valence-electron chi connectivity index (χ1n) is 6.70. The number of fused-ring (bicyclic) bond motifs is 2. The lowest BCUT2D eigenvalue weighted by Crippen LogP contribution is -2.48. The van der Waals surface area contributed by atoms with Crippen molar-refractivity contribution < 1.29 is 0 Å². The number of piperidine rings is 1. The molecule has 2 nitrogen and oxygen atoms in total. The van der Waals surface area contributed by atoms with Crippen molar-refractivity contribution in [3.8, 4) is 0 Å². The molecule has 1 aromatic carbocycles. The topological polar surface area (TPSA) is 24.4 Å². The molecule has 2 unspecified atom stereocenters. The van der Waals surface area contributed by atoms with Crippen molar-refractivity contribution in [2.45, 2.75) is 43.6 Å². The molecule has 0 bridgehead atoms. The fourth-order valence-corrected chi connectivity index (χ4v) is 4.02. The number of nitrogens with one attached hydrogen (secondary N) is 1. The van der Waals surface area contributed by atoms with Crippen molar-refractivity contribution in [2.24, 2.45) is 4.99 Å². The Hall–Kier alpha value is -1.15. The maximum absolute atomic E-state index is 4.63. The van der Waals surface area contributed by atoms with E-state index in [2.05, 4.69) is 41.6 Å². The maximum atomic E-state index is 4.63. The second-order valence-corrected chi connectivity index (χ2v) is 5.93. The summed E-state index contributed by atoms with van der Waals surface area (Å²) in [5.74, 6) is 0.716. The molecule has 0 radical (unpaired) electrons. The molecule has 1 N–H and O–H groups in total. The third-order valence-corrected chi connectivity index (χ3v) is 4.76. The van der Waals surface area contributed by atoms with E-state index in [9.17, 15) is 0 Å². The summed E-state index contributed by atoms with van der Waals surface area (Å²) in [6.45, 7) is 3.53. The lowest BCUT2D eigenvalue weighted by Gasteiger charge is -2.44. The highest BCUT2D eigenvalue weighted by molar-refractivity contribution is 5.86. The van der Waals surface area contributed by atoms with Crippen LogP contribution in [0.4, 0.5) is 5.69 Å². The molecule has 1 aliphatic carbocycles. The molecule has 2 heteroatoms. The van der Waals surface area contributed by atoms with Gasteiger partial charge in [0.25, 0.3) is 0 Å². The van der Waals surface area contributed by atoms with Crippen LogP contribution in [0.2, 0.25) is 0 Å². The number of nitrogens with zero attached hydrogens (tertiary/aromatic N) is 1. The molecule has 2 aliphatic heterocycles. The Labute approximate surface area is 102 Å². The summed E-state index contributed by atoms with van der Waals surface area (Å²) in [6, 6.07) is 7.32. The molecule has 0 aromatic heterocycles. The van der Waals surface area contributed by atoms with Crippen LogP contribution < -0.4 is 5.32 Å². The third kappa shape index (κ3) is 1.22. The van der Waals surface area contributed by atoms with Gasteiger partial charge in [-0.3, -0.25) is 4.99 Å². The molecule has 1 aromatic rings. The summed E-state index contributed by atoms with van der Waals surface area (Å²) in [5.41, 5.74) is 4.47. The lowest BCUT2D eigenvalue weighted by molar-refractivity contribution is 0.287. The van der Waals surface area contributed by atoms with Crippen LogP contribution >= 0.6 is 0 Å². The van der Waals surface area contributed by atoms with Crippen LogP contribution in [0, 0.1) is 0 Å². The average molecular weight is 226 g/mol. The monoisotopic (exact) mass is 226 g/mol. The van der Waals surface area contributed by atoms with Crippen LogP contribution in [-0.2, 0) is 5.41 Å². The zero-order chi connectivity index (χ0) is 11.5. The van der Waals surface area contributed by atoms with Gasteiger partial charge in [0.15, 0.2) is 0 Å². The van der Waals surface area contributed by atoms with E-state index in [-0.39, 0.29) is 5.41 Å². The maximum Gasteiger partial charge on any atom is 0.0670 e. The van der Waals surface area contributed by atoms with E-state index in [4.69, 9.17) is 0 Å². The predicted molar refractivity (Wildman–Crippen MR) is 70.3 cm³/mol. The standard InChI is InChI=1S/C15H18N2/c1-15-8-13-10(5-3-7-16-13)11-4-2-6-12(14(11)15)17-9-15/h2,4,6,9-10,13,16H,3,5,7-8H2,1H3/t10?,13-,15?/m1/s1. The van der Waals surface area contributed by atoms with Crippen LogP contribution in [0.5, 0.6) is 0 Å². The Kier molecular flexibility index (Phi) is 1.85. The first kappa shape index (κ1) is 9.84. The van der Waals surface area contributed by atoms with Crippen LogP contribution in [0.1, 0.15) is 43.2 Å². The van der Waals surface area contributed by atoms with E-state index in [1.54, 1.807) is 5.56 Å². The van der Waals surface area contributed by atoms with Gasteiger partial charge in [-0.05, 0) is 48.9 Å². The normalized spacial score (nSPS) is 37.7. The van der Waals surface area contributed by atoms with Gasteiger partial charge in [0.05, 0.1) is 5.69 Å². The van der Waals surface area contributed by atoms with Gasteiger partial charge in [-0.2, -0.15) is 0 Å². The Balaban J connectivity index is 1.93. The minimum atomic E-state index is 0.178. The molecular weight excluding hydrogens is 208 g/mol. The van der Waals surface area contributed by atoms with Gasteiger partial charge in [0.1, 0.15) is 0 Å². The van der Waals surface area contributed by atoms with Gasteiger partial charge >= 0.3 is 0 Å². The molecule has 4 rings (SSSR count). The molecule has 88 valence electrons. The van der Waals surface area contributed by atoms with E-state index in [1.807, 2.05) is 0 Å². The first-order chi connectivity index (χ1) is 8.28. The number of rotatable bonds is 0. The number of benzene rings is 1. The third-order valence-electron chi connectivity index (χ3n) is 4.76. The minimum absolute atomic E-state index is 0.178. The van der Waals surface area contributed by atoms with E-state index in [1.165, 1.54) is 37.1 Å². The fraction of sp³-hybridized carbons (Fsp3) is 0.533. The van der Waals surface area contributed by atoms with E-state index < -0.39 is 0 Å². The Bertz CT molecular complexity index is 506. The molecule has 2 heterocycles. The van der Waals surface area contributed by atoms with E-state index in [0.29, 0.717) is 12.0 Å². The van der Waals surface area contributed by atoms with Gasteiger partial charge in [0.2, 0.25) is 0 Å². The predicted octanol–water partition coefficient (Wildman–Crippen LogP) is 2.90. The Morgan fingerprint density at radius 1 is 1.41 bits per heavy atom. The SMILES string of the molecule is CC12C=Nc3cccc(c31)C1CCCN[C@@H]1C2. The molecule has 1 saturated heterocycles. The number of hydrogen-bond acceptors (Lipinski definition) is 2. The number of aliphatic imine (C=N–C) groups is 1. The zero-order valence-electron chi connectivity index (χ0n) is 10.2. The largest absolute Gasteiger partial charge is 0.313 e. The quantitative estimate of drug-likeness (QED) is 0.722. The Morgan fingerprint density at radius 3 is 3.29 bits per heavy atom. The molecule has 1 fully saturated rings. The second kappa shape index (κ2) is 3.20. The van der Waals surface area contributed by atoms with Gasteiger partial charge in [-0.15, -0.1) is 0 Å². The molecular formula is C15H18N2. The van der Waals surface area contributed by atoms with Crippen LogP contribution in [0.3, 0.4) is 0 Å². The first-order valence-corrected chi connectivity index (χ1v) is 6.70. The van der Waals surface area contributed by atoms with Crippen molar-refractivity contribution in [2.75, 3.05) is 6.54 Å². The highest BCUT2D eigenvalue weighted by atomic mass is 14.9. The van der Waals surface area contributed by atoms with E-state index in [0.717, 1.165) is 0 Å². The fourth-order valence-electron chi connectivity index (χ4n) is 4.02. The smallest absolute Gasteiger partial charge is 0.0670 e. The van der Waals surface area contributed by atoms with Crippen molar-refractivity contribution in [1.29, 1.82) is 0 Å². The average Bonchev–Trinajstić information content (AvgIpc) is 2.69. The zero-order valence-corrected chi connectivity index (χ0v) is 10.2. The highest BCUT2D eigenvalue weighted by Crippen LogP contribution is 2.51. The van der Waals surface area contributed by atoms with Gasteiger partial charge < -0.3 is 5.32 Å². The molecule has 0 spiro atoms. The van der Waals surface area contributed by atoms with Gasteiger partial charge in [-0.25, -0.2) is 0 Å². The van der Waals surface area contributed by atoms with Crippen molar-refractivity contribution in [1.82, 2.24) is 5.32 Å². The van der Waals surface area contributed by atoms with Crippen LogP contribution in [-0.4, -0.2) is 18.8 Å². The van der Waals surface area contributed by atoms with Crippen LogP contribution in [0.15, 0.2) is 23.2 Å². The van der Waals surface area contributed by atoms with Gasteiger partial charge in [0, 0.05) is 17.7 Å². The molecule has 3 aliphatic rings. The van der Waals surface area contributed by atoms with E-state index >= 15 is 0 Å².